The zero-order valence-corrected chi connectivity index (χ0v) is 17.8. The highest BCUT2D eigenvalue weighted by Crippen LogP contribution is 2.25. The van der Waals surface area contributed by atoms with Crippen molar-refractivity contribution < 1.29 is 19.3 Å². The van der Waals surface area contributed by atoms with Crippen LogP contribution in [0.1, 0.15) is 16.7 Å². The Bertz CT molecular complexity index is 1050. The van der Waals surface area contributed by atoms with Crippen molar-refractivity contribution in [3.8, 4) is 11.8 Å². The second-order valence-corrected chi connectivity index (χ2v) is 7.51. The maximum atomic E-state index is 10.0. The van der Waals surface area contributed by atoms with Gasteiger partial charge in [-0.25, -0.2) is 0 Å². The molecule has 3 aromatic rings. The standard InChI is InChI=1S/C28H26O4/c29-19-27-28(31-21-24-14-8-3-9-15-24)26(30-20-23-12-6-2-7-13-23)18-25(32-27)17-16-22-10-4-1-5-11-22/h1-15,18,26-29H,19-21H2/t26-,27-,28+/m1/s1. The van der Waals surface area contributed by atoms with E-state index < -0.39 is 18.3 Å². The molecule has 3 aromatic carbocycles. The average Bonchev–Trinajstić information content (AvgIpc) is 2.87. The van der Waals surface area contributed by atoms with Crippen LogP contribution >= 0.6 is 0 Å². The van der Waals surface area contributed by atoms with Crippen molar-refractivity contribution in [1.82, 2.24) is 0 Å². The van der Waals surface area contributed by atoms with Crippen LogP contribution in [0.25, 0.3) is 0 Å². The minimum absolute atomic E-state index is 0.199. The second-order valence-electron chi connectivity index (χ2n) is 7.51. The van der Waals surface area contributed by atoms with Crippen molar-refractivity contribution >= 4 is 0 Å². The van der Waals surface area contributed by atoms with E-state index in [2.05, 4.69) is 11.8 Å². The summed E-state index contributed by atoms with van der Waals surface area (Å²) in [4.78, 5) is 0. The van der Waals surface area contributed by atoms with E-state index in [0.717, 1.165) is 16.7 Å². The van der Waals surface area contributed by atoms with Crippen LogP contribution in [0.15, 0.2) is 103 Å². The van der Waals surface area contributed by atoms with Crippen LogP contribution in [-0.4, -0.2) is 30.0 Å². The van der Waals surface area contributed by atoms with E-state index in [1.807, 2.05) is 97.1 Å². The smallest absolute Gasteiger partial charge is 0.169 e. The fraction of sp³-hybridized carbons (Fsp3) is 0.214. The number of hydrogen-bond donors (Lipinski definition) is 1. The van der Waals surface area contributed by atoms with Gasteiger partial charge in [-0.1, -0.05) is 84.8 Å². The number of benzene rings is 3. The molecule has 1 heterocycles. The molecule has 4 rings (SSSR count). The highest BCUT2D eigenvalue weighted by atomic mass is 16.6. The molecule has 0 unspecified atom stereocenters. The molecule has 0 radical (unpaired) electrons. The van der Waals surface area contributed by atoms with Gasteiger partial charge in [-0.05, 0) is 35.3 Å². The number of hydrogen-bond acceptors (Lipinski definition) is 4. The molecule has 0 amide bonds. The Kier molecular flexibility index (Phi) is 7.73. The van der Waals surface area contributed by atoms with Crippen LogP contribution in [-0.2, 0) is 27.4 Å². The first-order valence-corrected chi connectivity index (χ1v) is 10.7. The molecule has 0 saturated carbocycles. The molecule has 4 heteroatoms. The molecule has 162 valence electrons. The second kappa shape index (κ2) is 11.3. The van der Waals surface area contributed by atoms with Gasteiger partial charge in [-0.3, -0.25) is 0 Å². The summed E-state index contributed by atoms with van der Waals surface area (Å²) in [6.07, 6.45) is 0.390. The van der Waals surface area contributed by atoms with E-state index in [1.165, 1.54) is 0 Å². The largest absolute Gasteiger partial charge is 0.477 e. The Morgan fingerprint density at radius 1 is 0.719 bits per heavy atom. The van der Waals surface area contributed by atoms with Crippen LogP contribution in [0.3, 0.4) is 0 Å². The Balaban J connectivity index is 1.54. The molecule has 0 saturated heterocycles. The molecular weight excluding hydrogens is 400 g/mol. The number of rotatable bonds is 7. The summed E-state index contributed by atoms with van der Waals surface area (Å²) < 4.78 is 18.4. The lowest BCUT2D eigenvalue weighted by Gasteiger charge is -2.35. The lowest BCUT2D eigenvalue weighted by Crippen LogP contribution is -2.46. The molecule has 4 nitrogen and oxygen atoms in total. The Morgan fingerprint density at radius 2 is 1.28 bits per heavy atom. The van der Waals surface area contributed by atoms with Crippen molar-refractivity contribution in [2.24, 2.45) is 0 Å². The molecule has 32 heavy (non-hydrogen) atoms. The van der Waals surface area contributed by atoms with Crippen LogP contribution in [0.4, 0.5) is 0 Å². The molecule has 1 aliphatic rings. The summed E-state index contributed by atoms with van der Waals surface area (Å²) in [7, 11) is 0. The summed E-state index contributed by atoms with van der Waals surface area (Å²) >= 11 is 0. The molecule has 1 N–H and O–H groups in total. The minimum atomic E-state index is -0.579. The van der Waals surface area contributed by atoms with E-state index >= 15 is 0 Å². The van der Waals surface area contributed by atoms with Gasteiger partial charge < -0.3 is 19.3 Å². The maximum Gasteiger partial charge on any atom is 0.169 e. The van der Waals surface area contributed by atoms with E-state index in [1.54, 1.807) is 0 Å². The van der Waals surface area contributed by atoms with Crippen molar-refractivity contribution in [3.63, 3.8) is 0 Å². The lowest BCUT2D eigenvalue weighted by molar-refractivity contribution is -0.144. The van der Waals surface area contributed by atoms with Gasteiger partial charge in [-0.15, -0.1) is 0 Å². The summed E-state index contributed by atoms with van der Waals surface area (Å²) in [6, 6.07) is 29.6. The van der Waals surface area contributed by atoms with Gasteiger partial charge >= 0.3 is 0 Å². The first kappa shape index (κ1) is 21.9. The van der Waals surface area contributed by atoms with Crippen molar-refractivity contribution in [2.45, 2.75) is 31.5 Å². The topological polar surface area (TPSA) is 47.9 Å². The summed E-state index contributed by atoms with van der Waals surface area (Å²) in [5, 5.41) is 10.0. The molecule has 0 fully saturated rings. The predicted molar refractivity (Wildman–Crippen MR) is 123 cm³/mol. The highest BCUT2D eigenvalue weighted by molar-refractivity contribution is 5.39. The third kappa shape index (κ3) is 6.09. The molecular formula is C28H26O4. The van der Waals surface area contributed by atoms with Gasteiger partial charge in [0.1, 0.15) is 12.2 Å². The van der Waals surface area contributed by atoms with Crippen molar-refractivity contribution in [3.05, 3.63) is 120 Å². The van der Waals surface area contributed by atoms with Crippen LogP contribution < -0.4 is 0 Å². The molecule has 0 spiro atoms. The van der Waals surface area contributed by atoms with Crippen molar-refractivity contribution in [1.29, 1.82) is 0 Å². The van der Waals surface area contributed by atoms with Gasteiger partial charge in [0.2, 0.25) is 0 Å². The SMILES string of the molecule is OC[C@H]1OC(C#Cc2ccccc2)=C[C@@H](OCc2ccccc2)[C@@H]1OCc1ccccc1. The predicted octanol–water partition coefficient (Wildman–Crippen LogP) is 4.48. The van der Waals surface area contributed by atoms with E-state index in [4.69, 9.17) is 14.2 Å². The molecule has 1 aliphatic heterocycles. The number of allylic oxidation sites excluding steroid dienone is 1. The normalized spacial score (nSPS) is 19.9. The Labute approximate surface area is 189 Å². The highest BCUT2D eigenvalue weighted by Gasteiger charge is 2.36. The van der Waals surface area contributed by atoms with E-state index in [0.29, 0.717) is 19.0 Å². The van der Waals surface area contributed by atoms with Gasteiger partial charge in [0.15, 0.2) is 11.9 Å². The quantitative estimate of drug-likeness (QED) is 0.566. The average molecular weight is 427 g/mol. The number of aliphatic hydroxyl groups is 1. The van der Waals surface area contributed by atoms with Crippen molar-refractivity contribution in [2.75, 3.05) is 6.61 Å². The van der Waals surface area contributed by atoms with Gasteiger partial charge in [-0.2, -0.15) is 0 Å². The zero-order valence-electron chi connectivity index (χ0n) is 17.8. The first-order chi connectivity index (χ1) is 15.8. The van der Waals surface area contributed by atoms with E-state index in [9.17, 15) is 5.11 Å². The summed E-state index contributed by atoms with van der Waals surface area (Å²) in [6.45, 7) is 0.620. The minimum Gasteiger partial charge on any atom is -0.477 e. The van der Waals surface area contributed by atoms with Gasteiger partial charge in [0, 0.05) is 5.56 Å². The molecule has 0 aliphatic carbocycles. The van der Waals surface area contributed by atoms with Crippen LogP contribution in [0, 0.1) is 11.8 Å². The van der Waals surface area contributed by atoms with Crippen LogP contribution in [0.2, 0.25) is 0 Å². The Hall–Kier alpha value is -3.36. The molecule has 0 bridgehead atoms. The number of aliphatic hydroxyl groups excluding tert-OH is 1. The van der Waals surface area contributed by atoms with Gasteiger partial charge in [0.25, 0.3) is 0 Å². The van der Waals surface area contributed by atoms with Crippen LogP contribution in [0.5, 0.6) is 0 Å². The summed E-state index contributed by atoms with van der Waals surface area (Å²) in [5.41, 5.74) is 3.00. The third-order valence-electron chi connectivity index (χ3n) is 5.14. The molecule has 3 atom stereocenters. The molecule has 0 aromatic heterocycles. The first-order valence-electron chi connectivity index (χ1n) is 10.7. The third-order valence-corrected chi connectivity index (χ3v) is 5.14. The van der Waals surface area contributed by atoms with Gasteiger partial charge in [0.05, 0.1) is 19.8 Å². The zero-order chi connectivity index (χ0) is 22.0. The fourth-order valence-corrected chi connectivity index (χ4v) is 3.47. The monoisotopic (exact) mass is 426 g/mol. The number of ether oxygens (including phenoxy) is 3. The fourth-order valence-electron chi connectivity index (χ4n) is 3.47. The maximum absolute atomic E-state index is 10.0. The Morgan fingerprint density at radius 3 is 1.88 bits per heavy atom. The lowest BCUT2D eigenvalue weighted by atomic mass is 10.0. The van der Waals surface area contributed by atoms with E-state index in [-0.39, 0.29) is 6.61 Å². The summed E-state index contributed by atoms with van der Waals surface area (Å²) in [5.74, 6) is 6.65.